The lowest BCUT2D eigenvalue weighted by atomic mass is 10.4. The van der Waals surface area contributed by atoms with Gasteiger partial charge in [0.05, 0.1) is 0 Å². The Hall–Kier alpha value is 0.0738. The fraction of sp³-hybridized carbons (Fsp3) is 1.00. The van der Waals surface area contributed by atoms with Crippen LogP contribution in [0.5, 0.6) is 0 Å². The molecule has 0 fully saturated rings. The number of hydrogen-bond acceptors (Lipinski definition) is 9. The molecular weight excluding hydrogens is 448 g/mol. The third-order valence-corrected chi connectivity index (χ3v) is 12.9. The summed E-state index contributed by atoms with van der Waals surface area (Å²) in [5.41, 5.74) is 10.9. The fourth-order valence-corrected chi connectivity index (χ4v) is 12.6. The van der Waals surface area contributed by atoms with Gasteiger partial charge in [0, 0.05) is 78.5 Å². The molecule has 0 aromatic carbocycles. The lowest BCUT2D eigenvalue weighted by Gasteiger charge is -2.34. The summed E-state index contributed by atoms with van der Waals surface area (Å²) in [5, 5.41) is 20.6. The van der Waals surface area contributed by atoms with E-state index in [0.717, 1.165) is 78.5 Å². The molecule has 33 heavy (non-hydrogen) atoms. The molecule has 0 saturated carbocycles. The van der Waals surface area contributed by atoms with E-state index in [9.17, 15) is 0 Å². The zero-order valence-corrected chi connectivity index (χ0v) is 24.3. The Balaban J connectivity index is 3.62. The lowest BCUT2D eigenvalue weighted by molar-refractivity contribution is 0.521. The first kappa shape index (κ1) is 33.1. The van der Waals surface area contributed by atoms with E-state index in [4.69, 9.17) is 15.6 Å². The van der Waals surface area contributed by atoms with Crippen molar-refractivity contribution < 1.29 is 4.12 Å². The van der Waals surface area contributed by atoms with Gasteiger partial charge in [0.25, 0.3) is 0 Å². The number of nitrogens with one attached hydrogen (secondary N) is 6. The summed E-state index contributed by atoms with van der Waals surface area (Å²) in [4.78, 5) is 0. The van der Waals surface area contributed by atoms with Crippen LogP contribution in [0.25, 0.3) is 0 Å². The van der Waals surface area contributed by atoms with Crippen LogP contribution in [0.2, 0.25) is 38.3 Å². The van der Waals surface area contributed by atoms with E-state index in [0.29, 0.717) is 13.1 Å². The van der Waals surface area contributed by atoms with Crippen molar-refractivity contribution in [3.05, 3.63) is 0 Å². The number of rotatable bonds is 26. The molecule has 0 aromatic rings. The highest BCUT2D eigenvalue weighted by Crippen LogP contribution is 2.23. The van der Waals surface area contributed by atoms with Crippen LogP contribution >= 0.6 is 0 Å². The average Bonchev–Trinajstić information content (AvgIpc) is 2.75. The fourth-order valence-electron chi connectivity index (χ4n) is 3.79. The van der Waals surface area contributed by atoms with Crippen LogP contribution < -0.4 is 43.4 Å². The van der Waals surface area contributed by atoms with E-state index in [1.165, 1.54) is 24.9 Å². The van der Waals surface area contributed by atoms with E-state index in [1.807, 2.05) is 0 Å². The SMILES string of the molecule is C[Si](C)(CCCNCCNCCNCCN)O[Si](C)(C)CCCNCCNCCNCCN. The molecule has 0 aromatic heterocycles. The highest BCUT2D eigenvalue weighted by molar-refractivity contribution is 6.84. The highest BCUT2D eigenvalue weighted by atomic mass is 28.4. The van der Waals surface area contributed by atoms with Crippen LogP contribution in [-0.2, 0) is 4.12 Å². The molecular formula is C22H58N8OSi2. The smallest absolute Gasteiger partial charge is 0.173 e. The first-order valence-electron chi connectivity index (χ1n) is 13.2. The first-order chi connectivity index (χ1) is 15.8. The van der Waals surface area contributed by atoms with Crippen molar-refractivity contribution in [3.8, 4) is 0 Å². The summed E-state index contributed by atoms with van der Waals surface area (Å²) < 4.78 is 6.77. The van der Waals surface area contributed by atoms with E-state index in [-0.39, 0.29) is 0 Å². The van der Waals surface area contributed by atoms with Crippen molar-refractivity contribution in [1.29, 1.82) is 0 Å². The molecule has 9 nitrogen and oxygen atoms in total. The van der Waals surface area contributed by atoms with Gasteiger partial charge in [-0.1, -0.05) is 0 Å². The molecule has 0 radical (unpaired) electrons. The maximum atomic E-state index is 6.77. The zero-order valence-electron chi connectivity index (χ0n) is 22.3. The van der Waals surface area contributed by atoms with Gasteiger partial charge in [-0.3, -0.25) is 0 Å². The molecule has 200 valence electrons. The predicted molar refractivity (Wildman–Crippen MR) is 150 cm³/mol. The van der Waals surface area contributed by atoms with Gasteiger partial charge in [-0.2, -0.15) is 0 Å². The Morgan fingerprint density at radius 2 is 0.727 bits per heavy atom. The Labute approximate surface area is 207 Å². The summed E-state index contributed by atoms with van der Waals surface area (Å²) in [5.74, 6) is 0. The second kappa shape index (κ2) is 22.5. The summed E-state index contributed by atoms with van der Waals surface area (Å²) >= 11 is 0. The predicted octanol–water partition coefficient (Wildman–Crippen LogP) is -0.352. The van der Waals surface area contributed by atoms with Crippen molar-refractivity contribution >= 4 is 16.6 Å². The van der Waals surface area contributed by atoms with E-state index in [2.05, 4.69) is 58.1 Å². The second-order valence-electron chi connectivity index (χ2n) is 9.91. The Morgan fingerprint density at radius 1 is 0.455 bits per heavy atom. The zero-order chi connectivity index (χ0) is 24.7. The third-order valence-electron chi connectivity index (χ3n) is 5.37. The van der Waals surface area contributed by atoms with Crippen molar-refractivity contribution in [2.75, 3.05) is 91.6 Å². The standard InChI is InChI=1S/C22H58N8OSi2/c1-32(2,21-5-9-25-13-17-29-19-15-27-11-7-23)31-33(3,4)22-6-10-26-14-18-30-20-16-28-12-8-24/h25-30H,5-24H2,1-4H3. The molecule has 0 rings (SSSR count). The largest absolute Gasteiger partial charge is 0.455 e. The summed E-state index contributed by atoms with van der Waals surface area (Å²) in [6, 6.07) is 2.47. The van der Waals surface area contributed by atoms with Crippen LogP contribution in [0.4, 0.5) is 0 Å². The maximum Gasteiger partial charge on any atom is 0.173 e. The minimum absolute atomic E-state index is 0.703. The van der Waals surface area contributed by atoms with Crippen molar-refractivity contribution in [1.82, 2.24) is 31.9 Å². The molecule has 0 unspecified atom stereocenters. The van der Waals surface area contributed by atoms with Crippen LogP contribution in [0.1, 0.15) is 12.8 Å². The van der Waals surface area contributed by atoms with Crippen molar-refractivity contribution in [2.45, 2.75) is 51.1 Å². The van der Waals surface area contributed by atoms with E-state index < -0.39 is 16.6 Å². The van der Waals surface area contributed by atoms with Crippen LogP contribution in [0.3, 0.4) is 0 Å². The minimum atomic E-state index is -1.59. The van der Waals surface area contributed by atoms with E-state index in [1.54, 1.807) is 0 Å². The quantitative estimate of drug-likeness (QED) is 0.0585. The van der Waals surface area contributed by atoms with Gasteiger partial charge in [0.15, 0.2) is 16.6 Å². The molecule has 11 heteroatoms. The Morgan fingerprint density at radius 3 is 1.03 bits per heavy atom. The monoisotopic (exact) mass is 506 g/mol. The normalized spacial score (nSPS) is 12.5. The van der Waals surface area contributed by atoms with Crippen LogP contribution in [0.15, 0.2) is 0 Å². The summed E-state index contributed by atoms with van der Waals surface area (Å²) in [6.07, 6.45) is 2.41. The molecule has 0 amide bonds. The average molecular weight is 507 g/mol. The van der Waals surface area contributed by atoms with Gasteiger partial charge < -0.3 is 47.5 Å². The Bertz CT molecular complexity index is 384. The van der Waals surface area contributed by atoms with Gasteiger partial charge in [-0.25, -0.2) is 0 Å². The molecule has 0 aliphatic heterocycles. The lowest BCUT2D eigenvalue weighted by Crippen LogP contribution is -2.45. The van der Waals surface area contributed by atoms with Gasteiger partial charge in [0.1, 0.15) is 0 Å². The van der Waals surface area contributed by atoms with Gasteiger partial charge in [-0.05, 0) is 64.2 Å². The molecule has 10 N–H and O–H groups in total. The summed E-state index contributed by atoms with van der Waals surface area (Å²) in [7, 11) is -3.18. The topological polar surface area (TPSA) is 133 Å². The Kier molecular flexibility index (Phi) is 22.6. The number of hydrogen-bond donors (Lipinski definition) is 8. The highest BCUT2D eigenvalue weighted by Gasteiger charge is 2.32. The minimum Gasteiger partial charge on any atom is -0.455 e. The van der Waals surface area contributed by atoms with Gasteiger partial charge >= 0.3 is 0 Å². The number of nitrogens with two attached hydrogens (primary N) is 2. The summed E-state index contributed by atoms with van der Waals surface area (Å²) in [6.45, 7) is 22.9. The molecule has 0 spiro atoms. The second-order valence-corrected chi connectivity index (χ2v) is 18.8. The molecule has 0 aliphatic rings. The molecule has 0 atom stereocenters. The van der Waals surface area contributed by atoms with Crippen LogP contribution in [-0.4, -0.2) is 108 Å². The molecule has 0 heterocycles. The van der Waals surface area contributed by atoms with Crippen LogP contribution in [0, 0.1) is 0 Å². The van der Waals surface area contributed by atoms with Gasteiger partial charge in [0.2, 0.25) is 0 Å². The third kappa shape index (κ3) is 25.0. The molecule has 0 bridgehead atoms. The molecule has 0 saturated heterocycles. The maximum absolute atomic E-state index is 6.77. The first-order valence-corrected chi connectivity index (χ1v) is 19.4. The van der Waals surface area contributed by atoms with E-state index >= 15 is 0 Å². The molecule has 0 aliphatic carbocycles. The van der Waals surface area contributed by atoms with Crippen molar-refractivity contribution in [2.24, 2.45) is 11.5 Å². The van der Waals surface area contributed by atoms with Crippen molar-refractivity contribution in [3.63, 3.8) is 0 Å². The van der Waals surface area contributed by atoms with Gasteiger partial charge in [-0.15, -0.1) is 0 Å².